The molecule has 1 fully saturated rings. The summed E-state index contributed by atoms with van der Waals surface area (Å²) >= 11 is 0. The zero-order valence-corrected chi connectivity index (χ0v) is 8.09. The third-order valence-corrected chi connectivity index (χ3v) is 2.53. The second kappa shape index (κ2) is 5.55. The van der Waals surface area contributed by atoms with Crippen LogP contribution in [0.15, 0.2) is 0 Å². The maximum atomic E-state index is 5.09. The average Bonchev–Trinajstić information content (AvgIpc) is 2.57. The topological polar surface area (TPSA) is 12.5 Å². The molecule has 1 aliphatic rings. The third-order valence-electron chi connectivity index (χ3n) is 2.53. The number of hydrogen-bond acceptors (Lipinski definition) is 2. The van der Waals surface area contributed by atoms with Gasteiger partial charge in [0.1, 0.15) is 0 Å². The maximum Gasteiger partial charge on any atom is 0.0572 e. The molecule has 2 nitrogen and oxygen atoms in total. The summed E-state index contributed by atoms with van der Waals surface area (Å²) in [4.78, 5) is 2.53. The summed E-state index contributed by atoms with van der Waals surface area (Å²) in [6, 6.07) is 0. The number of likely N-dealkylation sites (tertiary alicyclic amines) is 1. The highest BCUT2D eigenvalue weighted by atomic mass is 16.5. The minimum absolute atomic E-state index is 0.188. The van der Waals surface area contributed by atoms with Crippen molar-refractivity contribution in [2.75, 3.05) is 26.7 Å². The molecule has 0 spiro atoms. The summed E-state index contributed by atoms with van der Waals surface area (Å²) in [6.45, 7) is 7.71. The van der Waals surface area contributed by atoms with E-state index in [1.54, 1.807) is 7.11 Å². The molecule has 0 aromatic heterocycles. The first kappa shape index (κ1) is 10.0. The van der Waals surface area contributed by atoms with Crippen LogP contribution in [0.25, 0.3) is 0 Å². The Balaban J connectivity index is 1.94. The van der Waals surface area contributed by atoms with Crippen LogP contribution < -0.4 is 0 Å². The van der Waals surface area contributed by atoms with E-state index in [0.717, 1.165) is 6.42 Å². The lowest BCUT2D eigenvalue weighted by Crippen LogP contribution is -2.21. The molecule has 0 aromatic carbocycles. The SMILES string of the molecule is [CH2]C(CCCN1CCCC1)OC. The second-order valence-electron chi connectivity index (χ2n) is 3.55. The van der Waals surface area contributed by atoms with Crippen LogP contribution in [0.5, 0.6) is 0 Å². The molecule has 12 heavy (non-hydrogen) atoms. The lowest BCUT2D eigenvalue weighted by molar-refractivity contribution is 0.126. The third kappa shape index (κ3) is 3.55. The van der Waals surface area contributed by atoms with Crippen LogP contribution in [0.3, 0.4) is 0 Å². The standard InChI is InChI=1S/C10H20NO/c1-10(12-2)6-5-9-11-7-3-4-8-11/h10H,1,3-9H2,2H3. The normalized spacial score (nSPS) is 21.5. The first-order chi connectivity index (χ1) is 5.83. The van der Waals surface area contributed by atoms with Gasteiger partial charge in [-0.2, -0.15) is 0 Å². The van der Waals surface area contributed by atoms with Crippen molar-refractivity contribution in [2.24, 2.45) is 0 Å². The largest absolute Gasteiger partial charge is 0.381 e. The Morgan fingerprint density at radius 3 is 2.67 bits per heavy atom. The number of nitrogens with zero attached hydrogens (tertiary/aromatic N) is 1. The molecular formula is C10H20NO. The predicted octanol–water partition coefficient (Wildman–Crippen LogP) is 1.71. The van der Waals surface area contributed by atoms with Gasteiger partial charge in [0.15, 0.2) is 0 Å². The van der Waals surface area contributed by atoms with Crippen LogP contribution in [0.4, 0.5) is 0 Å². The Hall–Kier alpha value is -0.0800. The Morgan fingerprint density at radius 1 is 1.42 bits per heavy atom. The molecule has 0 saturated carbocycles. The van der Waals surface area contributed by atoms with Gasteiger partial charge in [-0.05, 0) is 52.2 Å². The van der Waals surface area contributed by atoms with Gasteiger partial charge in [0.05, 0.1) is 6.10 Å². The smallest absolute Gasteiger partial charge is 0.0572 e. The van der Waals surface area contributed by atoms with Crippen LogP contribution in [-0.4, -0.2) is 37.7 Å². The predicted molar refractivity (Wildman–Crippen MR) is 51.1 cm³/mol. The fourth-order valence-corrected chi connectivity index (χ4v) is 1.67. The van der Waals surface area contributed by atoms with Crippen LogP contribution in [0, 0.1) is 6.92 Å². The maximum absolute atomic E-state index is 5.09. The molecule has 0 N–H and O–H groups in total. The van der Waals surface area contributed by atoms with E-state index in [4.69, 9.17) is 4.74 Å². The van der Waals surface area contributed by atoms with Crippen molar-refractivity contribution in [1.82, 2.24) is 4.90 Å². The molecule has 2 heteroatoms. The fourth-order valence-electron chi connectivity index (χ4n) is 1.67. The molecule has 71 valence electrons. The number of hydrogen-bond donors (Lipinski definition) is 0. The highest BCUT2D eigenvalue weighted by Crippen LogP contribution is 2.09. The van der Waals surface area contributed by atoms with Gasteiger partial charge in [-0.15, -0.1) is 0 Å². The second-order valence-corrected chi connectivity index (χ2v) is 3.55. The van der Waals surface area contributed by atoms with Crippen LogP contribution >= 0.6 is 0 Å². The van der Waals surface area contributed by atoms with E-state index in [9.17, 15) is 0 Å². The highest BCUT2D eigenvalue weighted by molar-refractivity contribution is 4.67. The summed E-state index contributed by atoms with van der Waals surface area (Å²) < 4.78 is 5.09. The van der Waals surface area contributed by atoms with E-state index in [-0.39, 0.29) is 6.10 Å². The van der Waals surface area contributed by atoms with Crippen molar-refractivity contribution in [1.29, 1.82) is 0 Å². The average molecular weight is 170 g/mol. The van der Waals surface area contributed by atoms with Crippen molar-refractivity contribution in [3.05, 3.63) is 6.92 Å². The van der Waals surface area contributed by atoms with Crippen LogP contribution in [-0.2, 0) is 4.74 Å². The monoisotopic (exact) mass is 170 g/mol. The first-order valence-electron chi connectivity index (χ1n) is 4.91. The molecule has 1 atom stereocenters. The molecule has 1 radical (unpaired) electrons. The molecule has 1 aliphatic heterocycles. The first-order valence-corrected chi connectivity index (χ1v) is 4.91. The summed E-state index contributed by atoms with van der Waals surface area (Å²) in [5.74, 6) is 0. The molecule has 1 unspecified atom stereocenters. The van der Waals surface area contributed by atoms with Gasteiger partial charge in [0, 0.05) is 7.11 Å². The summed E-state index contributed by atoms with van der Waals surface area (Å²) in [6.07, 6.45) is 5.28. The van der Waals surface area contributed by atoms with Gasteiger partial charge in [0.2, 0.25) is 0 Å². The number of methoxy groups -OCH3 is 1. The van der Waals surface area contributed by atoms with E-state index in [0.29, 0.717) is 0 Å². The molecule has 0 aliphatic carbocycles. The van der Waals surface area contributed by atoms with E-state index in [1.165, 1.54) is 38.9 Å². The minimum atomic E-state index is 0.188. The van der Waals surface area contributed by atoms with Gasteiger partial charge in [-0.1, -0.05) is 0 Å². The van der Waals surface area contributed by atoms with E-state index in [2.05, 4.69) is 11.8 Å². The molecule has 0 bridgehead atoms. The highest BCUT2D eigenvalue weighted by Gasteiger charge is 2.10. The fraction of sp³-hybridized carbons (Fsp3) is 0.900. The molecule has 0 aromatic rings. The molecule has 0 amide bonds. The summed E-state index contributed by atoms with van der Waals surface area (Å²) in [7, 11) is 1.73. The van der Waals surface area contributed by atoms with Gasteiger partial charge >= 0.3 is 0 Å². The summed E-state index contributed by atoms with van der Waals surface area (Å²) in [5, 5.41) is 0. The molecular weight excluding hydrogens is 150 g/mol. The molecule has 1 heterocycles. The Bertz CT molecular complexity index is 110. The van der Waals surface area contributed by atoms with Gasteiger partial charge in [-0.3, -0.25) is 0 Å². The van der Waals surface area contributed by atoms with E-state index < -0.39 is 0 Å². The lowest BCUT2D eigenvalue weighted by Gasteiger charge is -2.15. The van der Waals surface area contributed by atoms with E-state index >= 15 is 0 Å². The number of rotatable bonds is 5. The Labute approximate surface area is 75.9 Å². The quantitative estimate of drug-likeness (QED) is 0.623. The molecule has 1 saturated heterocycles. The Kier molecular flexibility index (Phi) is 4.62. The molecule has 1 rings (SSSR count). The van der Waals surface area contributed by atoms with Crippen molar-refractivity contribution >= 4 is 0 Å². The van der Waals surface area contributed by atoms with Gasteiger partial charge in [0.25, 0.3) is 0 Å². The van der Waals surface area contributed by atoms with Crippen molar-refractivity contribution in [3.63, 3.8) is 0 Å². The van der Waals surface area contributed by atoms with E-state index in [1.807, 2.05) is 0 Å². The zero-order chi connectivity index (χ0) is 8.81. The number of ether oxygens (including phenoxy) is 1. The van der Waals surface area contributed by atoms with Crippen LogP contribution in [0.1, 0.15) is 25.7 Å². The summed E-state index contributed by atoms with van der Waals surface area (Å²) in [5.41, 5.74) is 0. The minimum Gasteiger partial charge on any atom is -0.381 e. The van der Waals surface area contributed by atoms with Gasteiger partial charge in [-0.25, -0.2) is 0 Å². The zero-order valence-electron chi connectivity index (χ0n) is 8.09. The van der Waals surface area contributed by atoms with Crippen molar-refractivity contribution < 1.29 is 4.74 Å². The van der Waals surface area contributed by atoms with Crippen molar-refractivity contribution in [2.45, 2.75) is 31.8 Å². The van der Waals surface area contributed by atoms with Gasteiger partial charge < -0.3 is 9.64 Å². The van der Waals surface area contributed by atoms with Crippen LogP contribution in [0.2, 0.25) is 0 Å². The lowest BCUT2D eigenvalue weighted by atomic mass is 10.2. The van der Waals surface area contributed by atoms with Crippen molar-refractivity contribution in [3.8, 4) is 0 Å². The Morgan fingerprint density at radius 2 is 2.08 bits per heavy atom.